The number of hydrogen-bond acceptors (Lipinski definition) is 3. The van der Waals surface area contributed by atoms with Crippen molar-refractivity contribution in [2.24, 2.45) is 0 Å². The first-order chi connectivity index (χ1) is 9.85. The Kier molecular flexibility index (Phi) is 4.66. The van der Waals surface area contributed by atoms with E-state index < -0.39 is 5.60 Å². The van der Waals surface area contributed by atoms with E-state index in [0.717, 1.165) is 5.56 Å². The Labute approximate surface area is 125 Å². The summed E-state index contributed by atoms with van der Waals surface area (Å²) < 4.78 is 0. The molecule has 21 heavy (non-hydrogen) atoms. The number of carbonyl (C=O) groups excluding carboxylic acids is 1. The summed E-state index contributed by atoms with van der Waals surface area (Å²) in [5.74, 6) is 5.61. The van der Waals surface area contributed by atoms with E-state index in [1.807, 2.05) is 0 Å². The van der Waals surface area contributed by atoms with Crippen molar-refractivity contribution in [1.29, 1.82) is 0 Å². The molecule has 1 aliphatic heterocycles. The third-order valence-electron chi connectivity index (χ3n) is 3.40. The fraction of sp³-hybridized carbons (Fsp3) is 0.471. The van der Waals surface area contributed by atoms with Crippen LogP contribution in [0.25, 0.3) is 0 Å². The number of aliphatic hydroxyl groups is 2. The first kappa shape index (κ1) is 15.6. The Balaban J connectivity index is 2.04. The molecule has 1 aliphatic rings. The Morgan fingerprint density at radius 2 is 1.81 bits per heavy atom. The fourth-order valence-corrected chi connectivity index (χ4v) is 2.17. The number of carbonyl (C=O) groups is 1. The molecule has 0 radical (unpaired) electrons. The summed E-state index contributed by atoms with van der Waals surface area (Å²) in [6, 6.07) is 7.07. The van der Waals surface area contributed by atoms with E-state index in [4.69, 9.17) is 0 Å². The average Bonchev–Trinajstić information content (AvgIpc) is 2.45. The third kappa shape index (κ3) is 4.59. The molecule has 0 spiro atoms. The van der Waals surface area contributed by atoms with Gasteiger partial charge in [0.05, 0.1) is 6.10 Å². The van der Waals surface area contributed by atoms with E-state index in [2.05, 4.69) is 11.8 Å². The molecule has 0 bridgehead atoms. The molecule has 1 saturated heterocycles. The highest BCUT2D eigenvalue weighted by Crippen LogP contribution is 2.14. The molecule has 0 aromatic heterocycles. The standard InChI is InChI=1S/C17H21NO3/c1-17(2,21)10-7-13-3-5-14(6-4-13)16(20)18-11-8-15(19)9-12-18/h3-6,15,19,21H,8-9,11-12H2,1-2H3. The van der Waals surface area contributed by atoms with Gasteiger partial charge < -0.3 is 15.1 Å². The van der Waals surface area contributed by atoms with Gasteiger partial charge in [0.1, 0.15) is 5.60 Å². The molecule has 0 unspecified atom stereocenters. The van der Waals surface area contributed by atoms with Gasteiger partial charge in [0.2, 0.25) is 0 Å². The second-order valence-corrected chi connectivity index (χ2v) is 5.91. The molecule has 1 fully saturated rings. The summed E-state index contributed by atoms with van der Waals surface area (Å²) in [5.41, 5.74) is 0.367. The van der Waals surface area contributed by atoms with Crippen LogP contribution in [0.3, 0.4) is 0 Å². The number of piperidine rings is 1. The topological polar surface area (TPSA) is 60.8 Å². The van der Waals surface area contributed by atoms with Crippen LogP contribution in [0.15, 0.2) is 24.3 Å². The van der Waals surface area contributed by atoms with E-state index in [-0.39, 0.29) is 12.0 Å². The van der Waals surface area contributed by atoms with Crippen LogP contribution in [-0.4, -0.2) is 45.8 Å². The van der Waals surface area contributed by atoms with Crippen LogP contribution in [0.5, 0.6) is 0 Å². The molecule has 0 atom stereocenters. The zero-order valence-corrected chi connectivity index (χ0v) is 12.5. The van der Waals surface area contributed by atoms with E-state index in [9.17, 15) is 15.0 Å². The van der Waals surface area contributed by atoms with E-state index >= 15 is 0 Å². The summed E-state index contributed by atoms with van der Waals surface area (Å²) in [4.78, 5) is 14.1. The van der Waals surface area contributed by atoms with Crippen molar-refractivity contribution >= 4 is 5.91 Å². The first-order valence-corrected chi connectivity index (χ1v) is 7.18. The molecule has 2 rings (SSSR count). The number of aliphatic hydroxyl groups excluding tert-OH is 1. The fourth-order valence-electron chi connectivity index (χ4n) is 2.17. The maximum absolute atomic E-state index is 12.3. The Bertz CT molecular complexity index is 552. The van der Waals surface area contributed by atoms with Crippen molar-refractivity contribution in [3.63, 3.8) is 0 Å². The van der Waals surface area contributed by atoms with Crippen LogP contribution in [-0.2, 0) is 0 Å². The maximum atomic E-state index is 12.3. The lowest BCUT2D eigenvalue weighted by molar-refractivity contribution is 0.0546. The lowest BCUT2D eigenvalue weighted by atomic mass is 10.1. The van der Waals surface area contributed by atoms with Crippen molar-refractivity contribution in [2.75, 3.05) is 13.1 Å². The molecule has 0 saturated carbocycles. The van der Waals surface area contributed by atoms with Gasteiger partial charge in [0.25, 0.3) is 5.91 Å². The highest BCUT2D eigenvalue weighted by Gasteiger charge is 2.22. The molecular formula is C17H21NO3. The molecule has 2 N–H and O–H groups in total. The van der Waals surface area contributed by atoms with Gasteiger partial charge >= 0.3 is 0 Å². The van der Waals surface area contributed by atoms with Crippen LogP contribution in [0.2, 0.25) is 0 Å². The minimum absolute atomic E-state index is 0.0103. The van der Waals surface area contributed by atoms with Crippen LogP contribution in [0.1, 0.15) is 42.6 Å². The molecule has 0 aliphatic carbocycles. The van der Waals surface area contributed by atoms with Crippen molar-refractivity contribution < 1.29 is 15.0 Å². The summed E-state index contributed by atoms with van der Waals surface area (Å²) in [7, 11) is 0. The van der Waals surface area contributed by atoms with Gasteiger partial charge in [0, 0.05) is 24.2 Å². The molecule has 112 valence electrons. The van der Waals surface area contributed by atoms with E-state index in [1.165, 1.54) is 0 Å². The smallest absolute Gasteiger partial charge is 0.253 e. The lowest BCUT2D eigenvalue weighted by Crippen LogP contribution is -2.40. The number of hydrogen-bond donors (Lipinski definition) is 2. The summed E-state index contributed by atoms with van der Waals surface area (Å²) in [5, 5.41) is 19.0. The Morgan fingerprint density at radius 3 is 2.33 bits per heavy atom. The molecule has 4 nitrogen and oxygen atoms in total. The second-order valence-electron chi connectivity index (χ2n) is 5.91. The number of likely N-dealkylation sites (tertiary alicyclic amines) is 1. The second kappa shape index (κ2) is 6.30. The molecule has 1 aromatic carbocycles. The lowest BCUT2D eigenvalue weighted by Gasteiger charge is -2.29. The zero-order chi connectivity index (χ0) is 15.5. The summed E-state index contributed by atoms with van der Waals surface area (Å²) in [6.07, 6.45) is 0.996. The summed E-state index contributed by atoms with van der Waals surface area (Å²) >= 11 is 0. The summed E-state index contributed by atoms with van der Waals surface area (Å²) in [6.45, 7) is 4.45. The van der Waals surface area contributed by atoms with Gasteiger partial charge in [-0.05, 0) is 51.0 Å². The predicted octanol–water partition coefficient (Wildman–Crippen LogP) is 1.41. The van der Waals surface area contributed by atoms with Gasteiger partial charge in [-0.3, -0.25) is 4.79 Å². The molecule has 1 amide bonds. The highest BCUT2D eigenvalue weighted by molar-refractivity contribution is 5.94. The monoisotopic (exact) mass is 287 g/mol. The van der Waals surface area contributed by atoms with Crippen LogP contribution in [0.4, 0.5) is 0 Å². The van der Waals surface area contributed by atoms with Gasteiger partial charge in [-0.1, -0.05) is 11.8 Å². The quantitative estimate of drug-likeness (QED) is 0.768. The van der Waals surface area contributed by atoms with Crippen LogP contribution < -0.4 is 0 Å². The number of nitrogens with zero attached hydrogens (tertiary/aromatic N) is 1. The zero-order valence-electron chi connectivity index (χ0n) is 12.5. The van der Waals surface area contributed by atoms with Gasteiger partial charge in [0.15, 0.2) is 0 Å². The van der Waals surface area contributed by atoms with E-state index in [0.29, 0.717) is 31.5 Å². The largest absolute Gasteiger partial charge is 0.393 e. The Morgan fingerprint density at radius 1 is 1.24 bits per heavy atom. The van der Waals surface area contributed by atoms with E-state index in [1.54, 1.807) is 43.0 Å². The normalized spacial score (nSPS) is 16.3. The third-order valence-corrected chi connectivity index (χ3v) is 3.40. The highest BCUT2D eigenvalue weighted by atomic mass is 16.3. The van der Waals surface area contributed by atoms with Crippen LogP contribution >= 0.6 is 0 Å². The van der Waals surface area contributed by atoms with Gasteiger partial charge in [-0.15, -0.1) is 0 Å². The van der Waals surface area contributed by atoms with Crippen molar-refractivity contribution in [1.82, 2.24) is 4.90 Å². The van der Waals surface area contributed by atoms with Crippen molar-refractivity contribution in [3.8, 4) is 11.8 Å². The number of rotatable bonds is 1. The Hall–Kier alpha value is -1.83. The minimum atomic E-state index is -1.02. The minimum Gasteiger partial charge on any atom is -0.393 e. The first-order valence-electron chi connectivity index (χ1n) is 7.18. The van der Waals surface area contributed by atoms with Crippen molar-refractivity contribution in [2.45, 2.75) is 38.4 Å². The van der Waals surface area contributed by atoms with Gasteiger partial charge in [-0.25, -0.2) is 0 Å². The molecular weight excluding hydrogens is 266 g/mol. The number of benzene rings is 1. The average molecular weight is 287 g/mol. The maximum Gasteiger partial charge on any atom is 0.253 e. The molecule has 4 heteroatoms. The molecule has 1 aromatic rings. The van der Waals surface area contributed by atoms with Crippen molar-refractivity contribution in [3.05, 3.63) is 35.4 Å². The predicted molar refractivity (Wildman–Crippen MR) is 80.8 cm³/mol. The number of amides is 1. The van der Waals surface area contributed by atoms with Crippen LogP contribution in [0, 0.1) is 11.8 Å². The van der Waals surface area contributed by atoms with Gasteiger partial charge in [-0.2, -0.15) is 0 Å². The SMILES string of the molecule is CC(C)(O)C#Cc1ccc(C(=O)N2CCC(O)CC2)cc1. The molecule has 1 heterocycles.